The molecule has 2 aromatic rings. The molecule has 4 N–H and O–H groups in total. The molecule has 10 heteroatoms. The number of carbonyl (C=O) groups excluding carboxylic acids is 1. The van der Waals surface area contributed by atoms with Crippen LogP contribution in [-0.4, -0.2) is 37.3 Å². The Balaban J connectivity index is 1.90. The normalized spacial score (nSPS) is 11.6. The smallest absolute Gasteiger partial charge is 0.255 e. The number of hydrogen-bond donors (Lipinski definition) is 4. The van der Waals surface area contributed by atoms with E-state index in [0.29, 0.717) is 5.02 Å². The molecule has 0 aliphatic carbocycles. The minimum absolute atomic E-state index is 0.0257. The van der Waals surface area contributed by atoms with Crippen molar-refractivity contribution in [3.05, 3.63) is 53.1 Å². The summed E-state index contributed by atoms with van der Waals surface area (Å²) in [4.78, 5) is 11.6. The van der Waals surface area contributed by atoms with Crippen LogP contribution in [0.25, 0.3) is 0 Å². The number of hydrogen-bond acceptors (Lipinski definition) is 6. The Morgan fingerprint density at radius 2 is 1.84 bits per heavy atom. The van der Waals surface area contributed by atoms with Gasteiger partial charge >= 0.3 is 0 Å². The van der Waals surface area contributed by atoms with Crippen LogP contribution in [0.4, 0.5) is 0 Å². The number of aromatic hydroxyl groups is 2. The third-order valence-electron chi connectivity index (χ3n) is 2.95. The van der Waals surface area contributed by atoms with Gasteiger partial charge in [0, 0.05) is 16.7 Å². The second-order valence-electron chi connectivity index (χ2n) is 4.81. The van der Waals surface area contributed by atoms with Crippen LogP contribution >= 0.6 is 11.6 Å². The molecule has 8 nitrogen and oxygen atoms in total. The van der Waals surface area contributed by atoms with Gasteiger partial charge in [-0.3, -0.25) is 4.79 Å². The van der Waals surface area contributed by atoms with Crippen molar-refractivity contribution in [3.8, 4) is 11.5 Å². The standard InChI is InChI=1S/C15H14ClN3O5S/c16-11-2-5-13(6-3-11)25(23,24)18-9-15(22)19-17-8-10-1-4-12(20)7-14(10)21/h1-8,18,20-21H,9H2,(H,19,22)/b17-8+. The number of hydrazone groups is 1. The molecular formula is C15H14ClN3O5S. The van der Waals surface area contributed by atoms with Crippen molar-refractivity contribution < 1.29 is 23.4 Å². The van der Waals surface area contributed by atoms with E-state index in [9.17, 15) is 18.3 Å². The minimum Gasteiger partial charge on any atom is -0.508 e. The van der Waals surface area contributed by atoms with Crippen molar-refractivity contribution in [3.63, 3.8) is 0 Å². The number of rotatable bonds is 6. The first-order valence-electron chi connectivity index (χ1n) is 6.87. The molecule has 1 amide bonds. The van der Waals surface area contributed by atoms with Crippen LogP contribution in [0.15, 0.2) is 52.5 Å². The van der Waals surface area contributed by atoms with Crippen LogP contribution in [0.5, 0.6) is 11.5 Å². The van der Waals surface area contributed by atoms with E-state index in [4.69, 9.17) is 16.7 Å². The molecule has 0 aromatic heterocycles. The van der Waals surface area contributed by atoms with Gasteiger partial charge in [0.15, 0.2) is 0 Å². The molecule has 0 saturated carbocycles. The van der Waals surface area contributed by atoms with Gasteiger partial charge in [0.2, 0.25) is 10.0 Å². The predicted molar refractivity (Wildman–Crippen MR) is 92.1 cm³/mol. The van der Waals surface area contributed by atoms with Crippen LogP contribution in [0.2, 0.25) is 5.02 Å². The fraction of sp³-hybridized carbons (Fsp3) is 0.0667. The molecule has 25 heavy (non-hydrogen) atoms. The molecule has 0 bridgehead atoms. The molecular weight excluding hydrogens is 370 g/mol. The summed E-state index contributed by atoms with van der Waals surface area (Å²) in [6.45, 7) is -0.524. The highest BCUT2D eigenvalue weighted by molar-refractivity contribution is 7.89. The van der Waals surface area contributed by atoms with Crippen LogP contribution < -0.4 is 10.1 Å². The van der Waals surface area contributed by atoms with Gasteiger partial charge in [-0.25, -0.2) is 18.6 Å². The topological polar surface area (TPSA) is 128 Å². The zero-order valence-electron chi connectivity index (χ0n) is 12.7. The van der Waals surface area contributed by atoms with E-state index in [1.807, 2.05) is 0 Å². The second kappa shape index (κ2) is 7.97. The molecule has 0 spiro atoms. The van der Waals surface area contributed by atoms with Gasteiger partial charge in [-0.05, 0) is 36.4 Å². The monoisotopic (exact) mass is 383 g/mol. The summed E-state index contributed by atoms with van der Waals surface area (Å²) in [6.07, 6.45) is 1.15. The molecule has 2 aromatic carbocycles. The number of phenols is 2. The largest absolute Gasteiger partial charge is 0.508 e. The maximum Gasteiger partial charge on any atom is 0.255 e. The second-order valence-corrected chi connectivity index (χ2v) is 7.02. The molecule has 2 rings (SSSR count). The Hall–Kier alpha value is -2.62. The van der Waals surface area contributed by atoms with E-state index in [2.05, 4.69) is 15.2 Å². The zero-order chi connectivity index (χ0) is 18.4. The summed E-state index contributed by atoms with van der Waals surface area (Å²) in [5, 5.41) is 22.7. The summed E-state index contributed by atoms with van der Waals surface area (Å²) >= 11 is 5.69. The summed E-state index contributed by atoms with van der Waals surface area (Å²) in [5.74, 6) is -1.04. The van der Waals surface area contributed by atoms with Crippen LogP contribution in [0, 0.1) is 0 Å². The fourth-order valence-corrected chi connectivity index (χ4v) is 2.82. The van der Waals surface area contributed by atoms with E-state index < -0.39 is 22.5 Å². The van der Waals surface area contributed by atoms with E-state index in [-0.39, 0.29) is 22.0 Å². The maximum atomic E-state index is 12.0. The van der Waals surface area contributed by atoms with Crippen LogP contribution in [0.3, 0.4) is 0 Å². The SMILES string of the molecule is O=C(CNS(=O)(=O)c1ccc(Cl)cc1)N/N=C/c1ccc(O)cc1O. The number of sulfonamides is 1. The van der Waals surface area contributed by atoms with E-state index in [0.717, 1.165) is 12.3 Å². The highest BCUT2D eigenvalue weighted by Crippen LogP contribution is 2.20. The quantitative estimate of drug-likeness (QED) is 0.440. The van der Waals surface area contributed by atoms with Crippen molar-refractivity contribution in [1.29, 1.82) is 0 Å². The van der Waals surface area contributed by atoms with Crippen molar-refractivity contribution in [2.75, 3.05) is 6.54 Å². The van der Waals surface area contributed by atoms with Gasteiger partial charge < -0.3 is 10.2 Å². The van der Waals surface area contributed by atoms with E-state index in [1.165, 1.54) is 36.4 Å². The van der Waals surface area contributed by atoms with Crippen molar-refractivity contribution >= 4 is 33.7 Å². The summed E-state index contributed by atoms with van der Waals surface area (Å²) in [5.41, 5.74) is 2.38. The zero-order valence-corrected chi connectivity index (χ0v) is 14.3. The Bertz CT molecular complexity index is 898. The molecule has 0 aliphatic rings. The first kappa shape index (κ1) is 18.7. The molecule has 132 valence electrons. The molecule has 0 heterocycles. The number of phenolic OH excluding ortho intramolecular Hbond substituents is 2. The number of nitrogens with zero attached hydrogens (tertiary/aromatic N) is 1. The maximum absolute atomic E-state index is 12.0. The lowest BCUT2D eigenvalue weighted by Gasteiger charge is -2.06. The fourth-order valence-electron chi connectivity index (χ4n) is 1.71. The van der Waals surface area contributed by atoms with Crippen molar-refractivity contribution in [1.82, 2.24) is 10.1 Å². The third kappa shape index (κ3) is 5.45. The number of carbonyl (C=O) groups is 1. The lowest BCUT2D eigenvalue weighted by Crippen LogP contribution is -2.34. The van der Waals surface area contributed by atoms with Gasteiger partial charge in [0.25, 0.3) is 5.91 Å². The van der Waals surface area contributed by atoms with Gasteiger partial charge in [0.05, 0.1) is 17.7 Å². The molecule has 0 fully saturated rings. The van der Waals surface area contributed by atoms with Gasteiger partial charge in [-0.2, -0.15) is 5.10 Å². The first-order chi connectivity index (χ1) is 11.8. The number of amides is 1. The van der Waals surface area contributed by atoms with Gasteiger partial charge in [-0.15, -0.1) is 0 Å². The number of nitrogens with one attached hydrogen (secondary N) is 2. The van der Waals surface area contributed by atoms with E-state index in [1.54, 1.807) is 0 Å². The van der Waals surface area contributed by atoms with Crippen molar-refractivity contribution in [2.45, 2.75) is 4.90 Å². The Kier molecular flexibility index (Phi) is 5.97. The summed E-state index contributed by atoms with van der Waals surface area (Å²) in [6, 6.07) is 9.31. The summed E-state index contributed by atoms with van der Waals surface area (Å²) < 4.78 is 26.1. The molecule has 0 unspecified atom stereocenters. The predicted octanol–water partition coefficient (Wildman–Crippen LogP) is 1.18. The van der Waals surface area contributed by atoms with E-state index >= 15 is 0 Å². The summed E-state index contributed by atoms with van der Waals surface area (Å²) in [7, 11) is -3.85. The minimum atomic E-state index is -3.85. The Morgan fingerprint density at radius 1 is 1.16 bits per heavy atom. The van der Waals surface area contributed by atoms with Crippen molar-refractivity contribution in [2.24, 2.45) is 5.10 Å². The highest BCUT2D eigenvalue weighted by atomic mass is 35.5. The van der Waals surface area contributed by atoms with Gasteiger partial charge in [-0.1, -0.05) is 11.6 Å². The van der Waals surface area contributed by atoms with Crippen LogP contribution in [0.1, 0.15) is 5.56 Å². The first-order valence-corrected chi connectivity index (χ1v) is 8.73. The molecule has 0 aliphatic heterocycles. The van der Waals surface area contributed by atoms with Crippen LogP contribution in [-0.2, 0) is 14.8 Å². The molecule has 0 radical (unpaired) electrons. The highest BCUT2D eigenvalue weighted by Gasteiger charge is 2.15. The molecule has 0 atom stereocenters. The number of benzene rings is 2. The Morgan fingerprint density at radius 3 is 2.48 bits per heavy atom. The lowest BCUT2D eigenvalue weighted by atomic mass is 10.2. The van der Waals surface area contributed by atoms with Gasteiger partial charge in [0.1, 0.15) is 11.5 Å². The Labute approximate surface area is 148 Å². The third-order valence-corrected chi connectivity index (χ3v) is 4.62. The average Bonchev–Trinajstić information content (AvgIpc) is 2.55. The number of halogens is 1. The average molecular weight is 384 g/mol. The lowest BCUT2D eigenvalue weighted by molar-refractivity contribution is -0.119. The molecule has 0 saturated heterocycles.